The number of rotatable bonds is 6. The zero-order chi connectivity index (χ0) is 16.4. The van der Waals surface area contributed by atoms with Gasteiger partial charge in [0.2, 0.25) is 0 Å². The summed E-state index contributed by atoms with van der Waals surface area (Å²) in [5.41, 5.74) is 0.0595. The summed E-state index contributed by atoms with van der Waals surface area (Å²) in [6, 6.07) is 7.61. The second-order valence-electron chi connectivity index (χ2n) is 7.13. The fourth-order valence-corrected chi connectivity index (χ4v) is 3.16. The Bertz CT molecular complexity index is 563. The number of hydrogen-bond acceptors (Lipinski definition) is 3. The van der Waals surface area contributed by atoms with Crippen LogP contribution >= 0.6 is 0 Å². The number of carbonyl (C=O) groups is 1. The number of benzene rings is 1. The Morgan fingerprint density at radius 1 is 1.35 bits per heavy atom. The highest BCUT2D eigenvalue weighted by Crippen LogP contribution is 2.41. The van der Waals surface area contributed by atoms with Crippen LogP contribution in [0.4, 0.5) is 4.79 Å². The molecule has 0 spiro atoms. The highest BCUT2D eigenvalue weighted by atomic mass is 16.5. The van der Waals surface area contributed by atoms with Gasteiger partial charge >= 0.3 is 6.03 Å². The number of likely N-dealkylation sites (tertiary alicyclic amines) is 1. The van der Waals surface area contributed by atoms with Gasteiger partial charge in [-0.1, -0.05) is 19.9 Å². The smallest absolute Gasteiger partial charge is 0.318 e. The topological polar surface area (TPSA) is 50.8 Å². The van der Waals surface area contributed by atoms with Crippen LogP contribution in [-0.2, 0) is 0 Å². The van der Waals surface area contributed by atoms with Crippen molar-refractivity contribution in [1.82, 2.24) is 10.2 Å². The second kappa shape index (κ2) is 6.30. The van der Waals surface area contributed by atoms with Gasteiger partial charge in [-0.05, 0) is 37.3 Å². The number of urea groups is 1. The first-order valence-corrected chi connectivity index (χ1v) is 8.37. The molecule has 2 amide bonds. The van der Waals surface area contributed by atoms with Gasteiger partial charge in [0.15, 0.2) is 0 Å². The van der Waals surface area contributed by atoms with Crippen molar-refractivity contribution in [1.29, 1.82) is 0 Å². The van der Waals surface area contributed by atoms with E-state index in [-0.39, 0.29) is 17.7 Å². The molecule has 0 bridgehead atoms. The first kappa shape index (κ1) is 16.0. The van der Waals surface area contributed by atoms with Gasteiger partial charge in [-0.15, -0.1) is 0 Å². The van der Waals surface area contributed by atoms with Gasteiger partial charge in [0.05, 0.1) is 20.2 Å². The van der Waals surface area contributed by atoms with E-state index in [0.717, 1.165) is 30.8 Å². The van der Waals surface area contributed by atoms with Gasteiger partial charge in [-0.3, -0.25) is 0 Å². The van der Waals surface area contributed by atoms with E-state index < -0.39 is 0 Å². The summed E-state index contributed by atoms with van der Waals surface area (Å²) in [6.07, 6.45) is 3.34. The van der Waals surface area contributed by atoms with Crippen LogP contribution in [0.1, 0.15) is 33.1 Å². The number of methoxy groups -OCH3 is 1. The molecule has 1 aromatic rings. The lowest BCUT2D eigenvalue weighted by Crippen LogP contribution is -2.60. The van der Waals surface area contributed by atoms with Gasteiger partial charge in [-0.25, -0.2) is 4.79 Å². The Hall–Kier alpha value is -1.91. The molecule has 126 valence electrons. The molecule has 3 rings (SSSR count). The Morgan fingerprint density at radius 2 is 2.04 bits per heavy atom. The molecular weight excluding hydrogens is 292 g/mol. The lowest BCUT2D eigenvalue weighted by Gasteiger charge is -2.39. The lowest BCUT2D eigenvalue weighted by atomic mass is 10.0. The van der Waals surface area contributed by atoms with Crippen molar-refractivity contribution in [2.45, 2.75) is 44.8 Å². The average molecular weight is 318 g/mol. The maximum atomic E-state index is 12.3. The van der Waals surface area contributed by atoms with Gasteiger partial charge in [0.1, 0.15) is 17.6 Å². The van der Waals surface area contributed by atoms with Gasteiger partial charge in [-0.2, -0.15) is 0 Å². The molecule has 0 radical (unpaired) electrons. The Morgan fingerprint density at radius 3 is 2.65 bits per heavy atom. The molecule has 1 saturated heterocycles. The number of nitrogens with zero attached hydrogens (tertiary/aromatic N) is 1. The third-order valence-electron chi connectivity index (χ3n) is 4.50. The molecule has 0 unspecified atom stereocenters. The summed E-state index contributed by atoms with van der Waals surface area (Å²) in [7, 11) is 1.64. The zero-order valence-electron chi connectivity index (χ0n) is 14.2. The molecule has 2 fully saturated rings. The van der Waals surface area contributed by atoms with E-state index in [9.17, 15) is 4.79 Å². The summed E-state index contributed by atoms with van der Waals surface area (Å²) in [5.74, 6) is 2.17. The van der Waals surface area contributed by atoms with E-state index >= 15 is 0 Å². The van der Waals surface area contributed by atoms with Crippen LogP contribution in [-0.4, -0.2) is 42.8 Å². The van der Waals surface area contributed by atoms with E-state index in [2.05, 4.69) is 19.2 Å². The van der Waals surface area contributed by atoms with Crippen molar-refractivity contribution >= 4 is 6.03 Å². The largest absolute Gasteiger partial charge is 0.497 e. The van der Waals surface area contributed by atoms with Gasteiger partial charge in [0.25, 0.3) is 0 Å². The number of hydrogen-bond donors (Lipinski definition) is 1. The minimum Gasteiger partial charge on any atom is -0.497 e. The van der Waals surface area contributed by atoms with E-state index in [1.54, 1.807) is 7.11 Å². The molecule has 1 aromatic carbocycles. The first-order chi connectivity index (χ1) is 11.0. The van der Waals surface area contributed by atoms with Crippen molar-refractivity contribution in [2.75, 3.05) is 20.2 Å². The molecule has 5 nitrogen and oxygen atoms in total. The van der Waals surface area contributed by atoms with Crippen LogP contribution in [0.25, 0.3) is 0 Å². The lowest BCUT2D eigenvalue weighted by molar-refractivity contribution is 0.0426. The van der Waals surface area contributed by atoms with Crippen molar-refractivity contribution in [3.63, 3.8) is 0 Å². The summed E-state index contributed by atoms with van der Waals surface area (Å²) in [5, 5.41) is 3.21. The third kappa shape index (κ3) is 3.89. The molecule has 5 heteroatoms. The maximum Gasteiger partial charge on any atom is 0.318 e. The van der Waals surface area contributed by atoms with Crippen LogP contribution < -0.4 is 14.8 Å². The Balaban J connectivity index is 1.44. The standard InChI is InChI=1S/C18H26N2O3/c1-13(2)10-18(7-8-18)19-17(21)20-11-16(12-20)23-15-6-4-5-14(9-15)22-3/h4-6,9,13,16H,7-8,10-12H2,1-3H3,(H,19,21). The second-order valence-corrected chi connectivity index (χ2v) is 7.13. The molecule has 23 heavy (non-hydrogen) atoms. The minimum atomic E-state index is 0.0497. The monoisotopic (exact) mass is 318 g/mol. The maximum absolute atomic E-state index is 12.3. The van der Waals surface area contributed by atoms with Crippen molar-refractivity contribution in [3.05, 3.63) is 24.3 Å². The fraction of sp³-hybridized carbons (Fsp3) is 0.611. The van der Waals surface area contributed by atoms with Crippen molar-refractivity contribution in [3.8, 4) is 11.5 Å². The molecule has 1 N–H and O–H groups in total. The summed E-state index contributed by atoms with van der Waals surface area (Å²) in [6.45, 7) is 5.68. The molecule has 2 aliphatic rings. The third-order valence-corrected chi connectivity index (χ3v) is 4.50. The fourth-order valence-electron chi connectivity index (χ4n) is 3.16. The molecule has 1 saturated carbocycles. The molecule has 0 aromatic heterocycles. The van der Waals surface area contributed by atoms with Crippen LogP contribution in [0.3, 0.4) is 0 Å². The molecule has 1 aliphatic carbocycles. The number of ether oxygens (including phenoxy) is 2. The molecule has 0 atom stereocenters. The van der Waals surface area contributed by atoms with E-state index in [1.165, 1.54) is 0 Å². The van der Waals surface area contributed by atoms with E-state index in [4.69, 9.17) is 9.47 Å². The SMILES string of the molecule is COc1cccc(OC2CN(C(=O)NC3(CC(C)C)CC3)C2)c1. The van der Waals surface area contributed by atoms with E-state index in [1.807, 2.05) is 29.2 Å². The highest BCUT2D eigenvalue weighted by molar-refractivity contribution is 5.76. The molecule has 1 heterocycles. The quantitative estimate of drug-likeness (QED) is 0.877. The van der Waals surface area contributed by atoms with E-state index in [0.29, 0.717) is 19.0 Å². The minimum absolute atomic E-state index is 0.0497. The van der Waals surface area contributed by atoms with Crippen LogP contribution in [0, 0.1) is 5.92 Å². The number of amides is 2. The van der Waals surface area contributed by atoms with Crippen LogP contribution in [0.2, 0.25) is 0 Å². The van der Waals surface area contributed by atoms with Gasteiger partial charge in [0, 0.05) is 11.6 Å². The first-order valence-electron chi connectivity index (χ1n) is 8.37. The van der Waals surface area contributed by atoms with Crippen molar-refractivity contribution < 1.29 is 14.3 Å². The van der Waals surface area contributed by atoms with Crippen molar-refractivity contribution in [2.24, 2.45) is 5.92 Å². The molecular formula is C18H26N2O3. The Labute approximate surface area is 137 Å². The average Bonchev–Trinajstić information content (AvgIpc) is 3.20. The predicted octanol–water partition coefficient (Wildman–Crippen LogP) is 3.05. The highest BCUT2D eigenvalue weighted by Gasteiger charge is 2.46. The summed E-state index contributed by atoms with van der Waals surface area (Å²) >= 11 is 0. The molecule has 1 aliphatic heterocycles. The summed E-state index contributed by atoms with van der Waals surface area (Å²) in [4.78, 5) is 14.1. The predicted molar refractivity (Wildman–Crippen MR) is 88.9 cm³/mol. The Kier molecular flexibility index (Phi) is 4.37. The van der Waals surface area contributed by atoms with Gasteiger partial charge < -0.3 is 19.7 Å². The number of carbonyl (C=O) groups excluding carboxylic acids is 1. The normalized spacial score (nSPS) is 19.2. The van der Waals surface area contributed by atoms with Crippen LogP contribution in [0.5, 0.6) is 11.5 Å². The number of nitrogens with one attached hydrogen (secondary N) is 1. The zero-order valence-corrected chi connectivity index (χ0v) is 14.2. The summed E-state index contributed by atoms with van der Waals surface area (Å²) < 4.78 is 11.1. The van der Waals surface area contributed by atoms with Crippen LogP contribution in [0.15, 0.2) is 24.3 Å².